The molecule has 0 spiro atoms. The first-order valence-corrected chi connectivity index (χ1v) is 9.63. The van der Waals surface area contributed by atoms with Crippen LogP contribution in [-0.4, -0.2) is 32.5 Å². The van der Waals surface area contributed by atoms with Gasteiger partial charge in [0.2, 0.25) is 0 Å². The number of piperidine rings is 1. The highest BCUT2D eigenvalue weighted by Crippen LogP contribution is 2.36. The predicted octanol–water partition coefficient (Wildman–Crippen LogP) is 3.06. The number of pyridine rings is 1. The summed E-state index contributed by atoms with van der Waals surface area (Å²) >= 11 is 0. The zero-order valence-electron chi connectivity index (χ0n) is 15.5. The summed E-state index contributed by atoms with van der Waals surface area (Å²) < 4.78 is 15.1. The van der Waals surface area contributed by atoms with Crippen LogP contribution in [0.1, 0.15) is 23.6 Å². The number of fused-ring (bicyclic) bond motifs is 4. The molecule has 2 aliphatic heterocycles. The van der Waals surface area contributed by atoms with E-state index in [9.17, 15) is 9.18 Å². The largest absolute Gasteiger partial charge is 0.311 e. The van der Waals surface area contributed by atoms with Gasteiger partial charge in [0.05, 0.1) is 5.56 Å². The fraction of sp³-hybridized carbons (Fsp3) is 0.318. The van der Waals surface area contributed by atoms with E-state index in [0.29, 0.717) is 17.4 Å². The fourth-order valence-corrected chi connectivity index (χ4v) is 4.68. The maximum absolute atomic E-state index is 13.2. The van der Waals surface area contributed by atoms with Crippen molar-refractivity contribution < 1.29 is 4.39 Å². The van der Waals surface area contributed by atoms with Gasteiger partial charge >= 0.3 is 0 Å². The van der Waals surface area contributed by atoms with Crippen LogP contribution in [0.15, 0.2) is 59.9 Å². The first-order chi connectivity index (χ1) is 13.7. The number of likely N-dealkylation sites (tertiary alicyclic amines) is 1. The van der Waals surface area contributed by atoms with Crippen molar-refractivity contribution in [3.05, 3.63) is 82.5 Å². The minimum absolute atomic E-state index is 0.0500. The topological polar surface area (TPSA) is 51.0 Å². The van der Waals surface area contributed by atoms with E-state index >= 15 is 0 Å². The molecule has 4 heterocycles. The standard InChI is InChI=1S/C22H21FN4O/c23-19-3-1-15(2-4-19)10-26-11-16-7-17(13-26)21-6-5-20(22(28)27(21)12-16)18-8-24-14-25-9-18/h1-6,8-9,14,16-17H,7,10-13H2/t16-,17-/m1/s1. The zero-order chi connectivity index (χ0) is 19.1. The average Bonchev–Trinajstić information content (AvgIpc) is 2.71. The van der Waals surface area contributed by atoms with Crippen molar-refractivity contribution in [2.24, 2.45) is 5.92 Å². The van der Waals surface area contributed by atoms with E-state index in [1.807, 2.05) is 22.8 Å². The third-order valence-electron chi connectivity index (χ3n) is 5.87. The molecule has 1 aromatic carbocycles. The molecule has 0 aliphatic carbocycles. The second-order valence-corrected chi connectivity index (χ2v) is 7.83. The van der Waals surface area contributed by atoms with Gasteiger partial charge in [0.1, 0.15) is 12.1 Å². The van der Waals surface area contributed by atoms with Crippen molar-refractivity contribution in [3.8, 4) is 11.1 Å². The van der Waals surface area contributed by atoms with E-state index in [2.05, 4.69) is 20.9 Å². The van der Waals surface area contributed by atoms with Crippen LogP contribution in [0.5, 0.6) is 0 Å². The van der Waals surface area contributed by atoms with E-state index in [-0.39, 0.29) is 11.4 Å². The molecule has 0 saturated carbocycles. The van der Waals surface area contributed by atoms with E-state index in [0.717, 1.165) is 49.4 Å². The van der Waals surface area contributed by atoms with Crippen molar-refractivity contribution in [3.63, 3.8) is 0 Å². The van der Waals surface area contributed by atoms with Crippen molar-refractivity contribution in [2.45, 2.75) is 25.4 Å². The third-order valence-corrected chi connectivity index (χ3v) is 5.87. The lowest BCUT2D eigenvalue weighted by Gasteiger charge is -2.43. The van der Waals surface area contributed by atoms with Gasteiger partial charge in [-0.2, -0.15) is 0 Å². The lowest BCUT2D eigenvalue weighted by atomic mass is 9.82. The van der Waals surface area contributed by atoms with Gasteiger partial charge in [0.15, 0.2) is 0 Å². The summed E-state index contributed by atoms with van der Waals surface area (Å²) in [6.07, 6.45) is 5.96. The molecule has 2 aromatic heterocycles. The Morgan fingerprint density at radius 1 is 1.00 bits per heavy atom. The number of halogens is 1. The Balaban J connectivity index is 1.42. The number of hydrogen-bond acceptors (Lipinski definition) is 4. The zero-order valence-corrected chi connectivity index (χ0v) is 15.5. The lowest BCUT2D eigenvalue weighted by Crippen LogP contribution is -2.46. The van der Waals surface area contributed by atoms with E-state index in [4.69, 9.17) is 0 Å². The summed E-state index contributed by atoms with van der Waals surface area (Å²) in [5, 5.41) is 0. The third kappa shape index (κ3) is 3.14. The maximum atomic E-state index is 13.2. The molecule has 28 heavy (non-hydrogen) atoms. The quantitative estimate of drug-likeness (QED) is 0.705. The average molecular weight is 376 g/mol. The molecule has 0 N–H and O–H groups in total. The first-order valence-electron chi connectivity index (χ1n) is 9.63. The van der Waals surface area contributed by atoms with Gasteiger partial charge in [0.25, 0.3) is 5.56 Å². The molecule has 0 amide bonds. The minimum Gasteiger partial charge on any atom is -0.311 e. The fourth-order valence-electron chi connectivity index (χ4n) is 4.68. The van der Waals surface area contributed by atoms with Gasteiger partial charge in [-0.1, -0.05) is 12.1 Å². The molecule has 6 heteroatoms. The van der Waals surface area contributed by atoms with E-state index < -0.39 is 0 Å². The van der Waals surface area contributed by atoms with Gasteiger partial charge in [-0.05, 0) is 42.2 Å². The normalized spacial score (nSPS) is 21.3. The number of nitrogens with zero attached hydrogens (tertiary/aromatic N) is 4. The van der Waals surface area contributed by atoms with Gasteiger partial charge < -0.3 is 4.57 Å². The Morgan fingerprint density at radius 2 is 1.79 bits per heavy atom. The molecule has 2 bridgehead atoms. The van der Waals surface area contributed by atoms with E-state index in [1.165, 1.54) is 18.5 Å². The molecular weight excluding hydrogens is 355 g/mol. The number of rotatable bonds is 3. The van der Waals surface area contributed by atoms with Crippen LogP contribution >= 0.6 is 0 Å². The van der Waals surface area contributed by atoms with Crippen LogP contribution in [0.4, 0.5) is 4.39 Å². The molecule has 2 aliphatic rings. The Labute approximate surface area is 162 Å². The summed E-state index contributed by atoms with van der Waals surface area (Å²) in [4.78, 5) is 23.6. The Morgan fingerprint density at radius 3 is 2.57 bits per heavy atom. The summed E-state index contributed by atoms with van der Waals surface area (Å²) in [7, 11) is 0. The molecule has 1 fully saturated rings. The number of aromatic nitrogens is 3. The molecule has 0 unspecified atom stereocenters. The van der Waals surface area contributed by atoms with Crippen LogP contribution in [0, 0.1) is 11.7 Å². The molecule has 0 radical (unpaired) electrons. The molecule has 2 atom stereocenters. The summed E-state index contributed by atoms with van der Waals surface area (Å²) in [6, 6.07) is 10.7. The van der Waals surface area contributed by atoms with Gasteiger partial charge in [-0.25, -0.2) is 14.4 Å². The van der Waals surface area contributed by atoms with Gasteiger partial charge in [-0.15, -0.1) is 0 Å². The molecule has 3 aromatic rings. The van der Waals surface area contributed by atoms with Gasteiger partial charge in [0, 0.05) is 55.7 Å². The maximum Gasteiger partial charge on any atom is 0.258 e. The summed E-state index contributed by atoms with van der Waals surface area (Å²) in [5.74, 6) is 0.598. The van der Waals surface area contributed by atoms with Crippen molar-refractivity contribution in [2.75, 3.05) is 13.1 Å². The Bertz CT molecular complexity index is 1050. The second-order valence-electron chi connectivity index (χ2n) is 7.83. The highest BCUT2D eigenvalue weighted by molar-refractivity contribution is 5.60. The Hall–Kier alpha value is -2.86. The predicted molar refractivity (Wildman–Crippen MR) is 104 cm³/mol. The molecule has 5 nitrogen and oxygen atoms in total. The minimum atomic E-state index is -0.202. The summed E-state index contributed by atoms with van der Waals surface area (Å²) in [5.41, 5.74) is 3.71. The molecule has 142 valence electrons. The monoisotopic (exact) mass is 376 g/mol. The first kappa shape index (κ1) is 17.3. The van der Waals surface area contributed by atoms with Crippen LogP contribution in [-0.2, 0) is 13.1 Å². The highest BCUT2D eigenvalue weighted by Gasteiger charge is 2.34. The molecule has 5 rings (SSSR count). The van der Waals surface area contributed by atoms with E-state index in [1.54, 1.807) is 12.4 Å². The van der Waals surface area contributed by atoms with Crippen LogP contribution in [0.25, 0.3) is 11.1 Å². The second kappa shape index (κ2) is 6.95. The van der Waals surface area contributed by atoms with Crippen LogP contribution in [0.3, 0.4) is 0 Å². The smallest absolute Gasteiger partial charge is 0.258 e. The Kier molecular flexibility index (Phi) is 4.28. The lowest BCUT2D eigenvalue weighted by molar-refractivity contribution is 0.114. The number of hydrogen-bond donors (Lipinski definition) is 0. The SMILES string of the molecule is O=c1c(-c2cncnc2)ccc2n1C[C@@H]1C[C@@H]2CN(Cc2ccc(F)cc2)C1. The highest BCUT2D eigenvalue weighted by atomic mass is 19.1. The van der Waals surface area contributed by atoms with Crippen LogP contribution < -0.4 is 5.56 Å². The number of benzene rings is 1. The van der Waals surface area contributed by atoms with Crippen molar-refractivity contribution in [1.82, 2.24) is 19.4 Å². The van der Waals surface area contributed by atoms with Crippen molar-refractivity contribution >= 4 is 0 Å². The van der Waals surface area contributed by atoms with Crippen LogP contribution in [0.2, 0.25) is 0 Å². The summed E-state index contributed by atoms with van der Waals surface area (Å²) in [6.45, 7) is 3.43. The van der Waals surface area contributed by atoms with Gasteiger partial charge in [-0.3, -0.25) is 9.69 Å². The molecule has 1 saturated heterocycles. The molecular formula is C22H21FN4O. The van der Waals surface area contributed by atoms with Crippen molar-refractivity contribution in [1.29, 1.82) is 0 Å².